The molecule has 104 valence electrons. The largest absolute Gasteiger partial charge is 0.507 e. The molecule has 1 aromatic carbocycles. The Bertz CT molecular complexity index is 427. The molecule has 0 spiro atoms. The van der Waals surface area contributed by atoms with E-state index in [-0.39, 0.29) is 17.7 Å². The summed E-state index contributed by atoms with van der Waals surface area (Å²) in [6.07, 6.45) is 4.49. The van der Waals surface area contributed by atoms with E-state index in [9.17, 15) is 9.90 Å². The van der Waals surface area contributed by atoms with E-state index in [1.807, 2.05) is 6.92 Å². The third kappa shape index (κ3) is 3.96. The second-order valence-corrected chi connectivity index (χ2v) is 5.10. The molecule has 0 radical (unpaired) electrons. The molecule has 1 aromatic rings. The first-order valence-corrected chi connectivity index (χ1v) is 6.87. The van der Waals surface area contributed by atoms with Crippen LogP contribution in [0.15, 0.2) is 24.3 Å². The Morgan fingerprint density at radius 3 is 3.00 bits per heavy atom. The maximum Gasteiger partial charge on any atom is 0.255 e. The molecular weight excluding hydrogens is 242 g/mol. The van der Waals surface area contributed by atoms with Crippen molar-refractivity contribution in [1.29, 1.82) is 0 Å². The van der Waals surface area contributed by atoms with E-state index in [2.05, 4.69) is 5.32 Å². The number of aromatic hydroxyl groups is 1. The van der Waals surface area contributed by atoms with Crippen molar-refractivity contribution in [2.75, 3.05) is 6.61 Å². The molecule has 0 saturated carbocycles. The highest BCUT2D eigenvalue weighted by Gasteiger charge is 2.18. The Hall–Kier alpha value is -1.55. The summed E-state index contributed by atoms with van der Waals surface area (Å²) in [4.78, 5) is 12.0. The molecule has 1 heterocycles. The summed E-state index contributed by atoms with van der Waals surface area (Å²) in [5, 5.41) is 12.5. The Balaban J connectivity index is 1.79. The first-order valence-electron chi connectivity index (χ1n) is 6.87. The fraction of sp³-hybridized carbons (Fsp3) is 0.533. The first-order chi connectivity index (χ1) is 9.16. The van der Waals surface area contributed by atoms with E-state index >= 15 is 0 Å². The molecule has 1 fully saturated rings. The molecule has 1 aliphatic rings. The summed E-state index contributed by atoms with van der Waals surface area (Å²) in [6.45, 7) is 2.84. The summed E-state index contributed by atoms with van der Waals surface area (Å²) in [5.41, 5.74) is 0.325. The van der Waals surface area contributed by atoms with Crippen LogP contribution in [0.3, 0.4) is 0 Å². The lowest BCUT2D eigenvalue weighted by Gasteiger charge is -2.16. The molecule has 1 aliphatic heterocycles. The molecule has 0 aromatic heterocycles. The van der Waals surface area contributed by atoms with Crippen LogP contribution in [0, 0.1) is 0 Å². The van der Waals surface area contributed by atoms with Crippen LogP contribution in [0.4, 0.5) is 0 Å². The minimum Gasteiger partial charge on any atom is -0.507 e. The zero-order chi connectivity index (χ0) is 13.7. The molecule has 19 heavy (non-hydrogen) atoms. The van der Waals surface area contributed by atoms with Crippen molar-refractivity contribution in [2.24, 2.45) is 0 Å². The average molecular weight is 263 g/mol. The minimum atomic E-state index is -0.224. The monoisotopic (exact) mass is 263 g/mol. The predicted octanol–water partition coefficient (Wildman–Crippen LogP) is 2.47. The van der Waals surface area contributed by atoms with Gasteiger partial charge in [0, 0.05) is 12.6 Å². The van der Waals surface area contributed by atoms with Gasteiger partial charge < -0.3 is 15.2 Å². The number of para-hydroxylation sites is 1. The number of benzene rings is 1. The van der Waals surface area contributed by atoms with Gasteiger partial charge in [0.15, 0.2) is 0 Å². The number of phenolic OH excluding ortho intramolecular Hbond substituents is 1. The van der Waals surface area contributed by atoms with Crippen molar-refractivity contribution in [3.63, 3.8) is 0 Å². The SMILES string of the molecule is C[C@H](CC[C@@H]1CCCO1)NC(=O)c1ccccc1O. The van der Waals surface area contributed by atoms with Crippen LogP contribution in [0.5, 0.6) is 5.75 Å². The molecular formula is C15H21NO3. The summed E-state index contributed by atoms with van der Waals surface area (Å²) < 4.78 is 5.56. The van der Waals surface area contributed by atoms with Crippen LogP contribution in [-0.2, 0) is 4.74 Å². The van der Waals surface area contributed by atoms with Gasteiger partial charge in [0.05, 0.1) is 11.7 Å². The lowest BCUT2D eigenvalue weighted by molar-refractivity contribution is 0.0897. The van der Waals surface area contributed by atoms with Gasteiger partial charge in [0.25, 0.3) is 5.91 Å². The smallest absolute Gasteiger partial charge is 0.255 e. The van der Waals surface area contributed by atoms with E-state index in [0.29, 0.717) is 11.7 Å². The van der Waals surface area contributed by atoms with Crippen molar-refractivity contribution in [1.82, 2.24) is 5.32 Å². The van der Waals surface area contributed by atoms with Crippen LogP contribution in [0.1, 0.15) is 43.0 Å². The summed E-state index contributed by atoms with van der Waals surface area (Å²) in [5.74, 6) is -0.204. The molecule has 0 unspecified atom stereocenters. The lowest BCUT2D eigenvalue weighted by Crippen LogP contribution is -2.33. The van der Waals surface area contributed by atoms with E-state index in [1.54, 1.807) is 18.2 Å². The minimum absolute atomic E-state index is 0.0197. The molecule has 1 saturated heterocycles. The second kappa shape index (κ2) is 6.57. The standard InChI is InChI=1S/C15H21NO3/c1-11(8-9-12-5-4-10-19-12)16-15(18)13-6-2-3-7-14(13)17/h2-3,6-7,11-12,17H,4-5,8-10H2,1H3,(H,16,18)/t11-,12+/m1/s1. The predicted molar refractivity (Wildman–Crippen MR) is 73.2 cm³/mol. The molecule has 0 aliphatic carbocycles. The van der Waals surface area contributed by atoms with Crippen LogP contribution >= 0.6 is 0 Å². The van der Waals surface area contributed by atoms with E-state index in [4.69, 9.17) is 4.74 Å². The van der Waals surface area contributed by atoms with Gasteiger partial charge in [0.1, 0.15) is 5.75 Å². The molecule has 2 rings (SSSR count). The number of carbonyl (C=O) groups is 1. The molecule has 0 bridgehead atoms. The van der Waals surface area contributed by atoms with E-state index in [0.717, 1.165) is 32.3 Å². The summed E-state index contributed by atoms with van der Waals surface area (Å²) in [7, 11) is 0. The number of ether oxygens (including phenoxy) is 1. The van der Waals surface area contributed by atoms with Crippen molar-refractivity contribution < 1.29 is 14.6 Å². The highest BCUT2D eigenvalue weighted by Crippen LogP contribution is 2.18. The van der Waals surface area contributed by atoms with Gasteiger partial charge in [-0.3, -0.25) is 4.79 Å². The normalized spacial score (nSPS) is 20.2. The maximum atomic E-state index is 12.0. The van der Waals surface area contributed by atoms with Crippen LogP contribution in [0.25, 0.3) is 0 Å². The van der Waals surface area contributed by atoms with Crippen LogP contribution < -0.4 is 5.32 Å². The Labute approximate surface area is 113 Å². The van der Waals surface area contributed by atoms with E-state index in [1.165, 1.54) is 6.07 Å². The number of hydrogen-bond donors (Lipinski definition) is 2. The zero-order valence-electron chi connectivity index (χ0n) is 11.3. The second-order valence-electron chi connectivity index (χ2n) is 5.10. The maximum absolute atomic E-state index is 12.0. The zero-order valence-corrected chi connectivity index (χ0v) is 11.3. The molecule has 2 N–H and O–H groups in total. The number of nitrogens with one attached hydrogen (secondary N) is 1. The quantitative estimate of drug-likeness (QED) is 0.858. The highest BCUT2D eigenvalue weighted by molar-refractivity contribution is 5.96. The van der Waals surface area contributed by atoms with Gasteiger partial charge in [0.2, 0.25) is 0 Å². The number of carbonyl (C=O) groups excluding carboxylic acids is 1. The summed E-state index contributed by atoms with van der Waals surface area (Å²) >= 11 is 0. The molecule has 2 atom stereocenters. The molecule has 1 amide bonds. The van der Waals surface area contributed by atoms with Gasteiger partial charge in [-0.2, -0.15) is 0 Å². The Morgan fingerprint density at radius 2 is 2.32 bits per heavy atom. The van der Waals surface area contributed by atoms with Crippen molar-refractivity contribution in [3.8, 4) is 5.75 Å². The van der Waals surface area contributed by atoms with Crippen molar-refractivity contribution >= 4 is 5.91 Å². The number of phenols is 1. The third-order valence-electron chi connectivity index (χ3n) is 3.47. The van der Waals surface area contributed by atoms with Crippen molar-refractivity contribution in [3.05, 3.63) is 29.8 Å². The van der Waals surface area contributed by atoms with Gasteiger partial charge >= 0.3 is 0 Å². The number of rotatable bonds is 5. The van der Waals surface area contributed by atoms with Crippen molar-refractivity contribution in [2.45, 2.75) is 44.8 Å². The van der Waals surface area contributed by atoms with E-state index < -0.39 is 0 Å². The lowest BCUT2D eigenvalue weighted by atomic mass is 10.1. The first kappa shape index (κ1) is 13.9. The van der Waals surface area contributed by atoms with Crippen LogP contribution in [0.2, 0.25) is 0 Å². The molecule has 4 nitrogen and oxygen atoms in total. The Kier molecular flexibility index (Phi) is 4.80. The van der Waals surface area contributed by atoms with Gasteiger partial charge in [-0.1, -0.05) is 12.1 Å². The topological polar surface area (TPSA) is 58.6 Å². The Morgan fingerprint density at radius 1 is 1.53 bits per heavy atom. The highest BCUT2D eigenvalue weighted by atomic mass is 16.5. The molecule has 4 heteroatoms. The van der Waals surface area contributed by atoms with Gasteiger partial charge in [-0.15, -0.1) is 0 Å². The fourth-order valence-corrected chi connectivity index (χ4v) is 2.35. The fourth-order valence-electron chi connectivity index (χ4n) is 2.35. The van der Waals surface area contributed by atoms with Gasteiger partial charge in [-0.25, -0.2) is 0 Å². The van der Waals surface area contributed by atoms with Crippen LogP contribution in [-0.4, -0.2) is 29.8 Å². The number of hydrogen-bond acceptors (Lipinski definition) is 3. The number of amides is 1. The third-order valence-corrected chi connectivity index (χ3v) is 3.47. The van der Waals surface area contributed by atoms with Gasteiger partial charge in [-0.05, 0) is 44.7 Å². The average Bonchev–Trinajstić information content (AvgIpc) is 2.90. The summed E-state index contributed by atoms with van der Waals surface area (Å²) in [6, 6.07) is 6.67.